The number of hydrogen-bond acceptors (Lipinski definition) is 10. The molecule has 4 aliphatic heterocycles. The second-order valence-corrected chi connectivity index (χ2v) is 18.2. The lowest BCUT2D eigenvalue weighted by Crippen LogP contribution is -2.63. The van der Waals surface area contributed by atoms with E-state index in [2.05, 4.69) is 21.3 Å². The van der Waals surface area contributed by atoms with Gasteiger partial charge in [0, 0.05) is 44.0 Å². The van der Waals surface area contributed by atoms with Crippen LogP contribution >= 0.6 is 11.6 Å². The zero-order valence-electron chi connectivity index (χ0n) is 37.2. The third kappa shape index (κ3) is 11.7. The van der Waals surface area contributed by atoms with Crippen molar-refractivity contribution < 1.29 is 47.4 Å². The Labute approximate surface area is 378 Å². The number of rotatable bonds is 10. The Morgan fingerprint density at radius 2 is 1.69 bits per heavy atom. The molecule has 0 aliphatic carbocycles. The number of amides is 7. The van der Waals surface area contributed by atoms with E-state index in [4.69, 9.17) is 21.1 Å². The molecule has 4 saturated heterocycles. The van der Waals surface area contributed by atoms with Crippen molar-refractivity contribution in [1.82, 2.24) is 35.6 Å². The van der Waals surface area contributed by atoms with Crippen LogP contribution < -0.4 is 21.3 Å². The van der Waals surface area contributed by atoms with Crippen LogP contribution in [0.15, 0.2) is 42.5 Å². The Bertz CT molecular complexity index is 2090. The van der Waals surface area contributed by atoms with Gasteiger partial charge in [-0.15, -0.1) is 0 Å². The number of urea groups is 1. The number of anilines is 1. The number of nitrogens with zero attached hydrogens (tertiary/aromatic N) is 4. The Morgan fingerprint density at radius 3 is 2.41 bits per heavy atom. The minimum atomic E-state index is -1.62. The number of carbonyl (C=O) groups excluding carboxylic acids is 7. The van der Waals surface area contributed by atoms with Gasteiger partial charge in [-0.1, -0.05) is 48.4 Å². The second kappa shape index (κ2) is 21.1. The van der Waals surface area contributed by atoms with E-state index in [1.54, 1.807) is 19.1 Å². The number of piperidine rings is 1. The van der Waals surface area contributed by atoms with E-state index >= 15 is 4.79 Å². The van der Waals surface area contributed by atoms with Gasteiger partial charge >= 0.3 is 12.0 Å². The molecule has 4 heterocycles. The molecule has 0 radical (unpaired) electrons. The highest BCUT2D eigenvalue weighted by Gasteiger charge is 2.49. The van der Waals surface area contributed by atoms with Crippen LogP contribution in [0.5, 0.6) is 0 Å². The maximum atomic E-state index is 15.2. The summed E-state index contributed by atoms with van der Waals surface area (Å²) in [5, 5.41) is 10.7. The summed E-state index contributed by atoms with van der Waals surface area (Å²) in [6.45, 7) is 7.96. The third-order valence-electron chi connectivity index (χ3n) is 12.3. The fourth-order valence-electron chi connectivity index (χ4n) is 8.92. The first-order valence-electron chi connectivity index (χ1n) is 22.0. The van der Waals surface area contributed by atoms with Crippen LogP contribution in [-0.4, -0.2) is 156 Å². The highest BCUT2D eigenvalue weighted by atomic mass is 35.5. The van der Waals surface area contributed by atoms with Gasteiger partial charge in [0.1, 0.15) is 48.2 Å². The van der Waals surface area contributed by atoms with Gasteiger partial charge in [0.2, 0.25) is 29.5 Å². The normalized spacial score (nSPS) is 27.3. The molecule has 0 saturated carbocycles. The average Bonchev–Trinajstić information content (AvgIpc) is 3.86. The highest BCUT2D eigenvalue weighted by Crippen LogP contribution is 2.30. The first-order valence-corrected chi connectivity index (χ1v) is 22.3. The topological polar surface area (TPSA) is 199 Å². The average molecular weight is 911 g/mol. The molecule has 2 aromatic carbocycles. The largest absolute Gasteiger partial charge is 0.458 e. The smallest absolute Gasteiger partial charge is 0.329 e. The van der Waals surface area contributed by atoms with E-state index in [9.17, 15) is 33.2 Å². The van der Waals surface area contributed by atoms with E-state index in [1.165, 1.54) is 33.8 Å². The van der Waals surface area contributed by atoms with Crippen LogP contribution in [0.25, 0.3) is 0 Å². The highest BCUT2D eigenvalue weighted by molar-refractivity contribution is 6.30. The molecule has 4 N–H and O–H groups in total. The first kappa shape index (κ1) is 48.1. The van der Waals surface area contributed by atoms with Crippen molar-refractivity contribution in [3.63, 3.8) is 0 Å². The summed E-state index contributed by atoms with van der Waals surface area (Å²) in [7, 11) is 3.77. The van der Waals surface area contributed by atoms with Gasteiger partial charge in [-0.05, 0) is 90.2 Å². The number of esters is 1. The quantitative estimate of drug-likeness (QED) is 0.257. The Kier molecular flexibility index (Phi) is 15.9. The van der Waals surface area contributed by atoms with Crippen molar-refractivity contribution >= 4 is 58.8 Å². The Balaban J connectivity index is 1.37. The van der Waals surface area contributed by atoms with E-state index < -0.39 is 95.8 Å². The zero-order chi connectivity index (χ0) is 46.4. The van der Waals surface area contributed by atoms with Crippen LogP contribution in [0.3, 0.4) is 0 Å². The van der Waals surface area contributed by atoms with Gasteiger partial charge in [-0.2, -0.15) is 0 Å². The van der Waals surface area contributed by atoms with E-state index in [-0.39, 0.29) is 55.5 Å². The molecular weight excluding hydrogens is 851 g/mol. The van der Waals surface area contributed by atoms with Gasteiger partial charge in [0.15, 0.2) is 0 Å². The van der Waals surface area contributed by atoms with Gasteiger partial charge in [-0.3, -0.25) is 24.0 Å². The summed E-state index contributed by atoms with van der Waals surface area (Å²) >= 11 is 5.91. The number of fused-ring (bicyclic) bond motifs is 3. The molecule has 64 heavy (non-hydrogen) atoms. The fourth-order valence-corrected chi connectivity index (χ4v) is 9.08. The number of ether oxygens (including phenoxy) is 2. The van der Waals surface area contributed by atoms with Crippen molar-refractivity contribution in [3.05, 3.63) is 64.4 Å². The number of halogens is 2. The number of benzene rings is 2. The van der Waals surface area contributed by atoms with E-state index in [0.29, 0.717) is 38.0 Å². The number of aryl methyl sites for hydroxylation is 1. The standard InChI is InChI=1S/C45H60ClFN8O9/c1-25-10-9-11-29(18-25)20-34(50-45(62)49-33-14-13-30(46)21-32(33)47)39(56)51-38-28(4)64-44(61)37-19-26(2)23-54(37)41(58)27(3)48-40(57)35-12-7-8-15-53(35)42(59)36-22-31(24-55(36)43(38)60)63-17-16-52(5)6/h9-11,13-14,18,21,26-28,31,34-38H,7-8,12,15-17,19-20,22-24H2,1-6H3,(H,48,57)(H,51,56)(H2,49,50,62)/t26-,27+,28+,31-,34+,35+,36+,37+,38+/m1/s1. The predicted octanol–water partition coefficient (Wildman–Crippen LogP) is 2.62. The molecule has 0 aromatic heterocycles. The lowest BCUT2D eigenvalue weighted by Gasteiger charge is -2.39. The summed E-state index contributed by atoms with van der Waals surface area (Å²) in [6.07, 6.45) is -0.113. The summed E-state index contributed by atoms with van der Waals surface area (Å²) < 4.78 is 27.0. The molecule has 0 spiro atoms. The van der Waals surface area contributed by atoms with Crippen molar-refractivity contribution in [2.45, 2.75) is 115 Å². The van der Waals surface area contributed by atoms with Crippen molar-refractivity contribution in [2.24, 2.45) is 5.92 Å². The van der Waals surface area contributed by atoms with Crippen LogP contribution in [0, 0.1) is 18.7 Å². The van der Waals surface area contributed by atoms with Crippen molar-refractivity contribution in [3.8, 4) is 0 Å². The minimum absolute atomic E-state index is 0.0557. The number of hydrogen-bond donors (Lipinski definition) is 4. The predicted molar refractivity (Wildman–Crippen MR) is 234 cm³/mol. The monoisotopic (exact) mass is 910 g/mol. The molecule has 19 heteroatoms. The zero-order valence-corrected chi connectivity index (χ0v) is 38.0. The number of likely N-dealkylation sites (N-methyl/N-ethyl adjacent to an activating group) is 1. The Morgan fingerprint density at radius 1 is 0.938 bits per heavy atom. The third-order valence-corrected chi connectivity index (χ3v) is 12.5. The Hall–Kier alpha value is -5.33. The fraction of sp³-hybridized carbons (Fsp3) is 0.578. The second-order valence-electron chi connectivity index (χ2n) is 17.8. The summed E-state index contributed by atoms with van der Waals surface area (Å²) in [5.41, 5.74) is 1.33. The number of cyclic esters (lactones) is 1. The van der Waals surface area contributed by atoms with Crippen LogP contribution in [0.2, 0.25) is 5.02 Å². The minimum Gasteiger partial charge on any atom is -0.458 e. The van der Waals surface area contributed by atoms with Crippen molar-refractivity contribution in [1.29, 1.82) is 0 Å². The van der Waals surface area contributed by atoms with Crippen LogP contribution in [-0.2, 0) is 44.7 Å². The molecule has 0 unspecified atom stereocenters. The van der Waals surface area contributed by atoms with Gasteiger partial charge in [0.25, 0.3) is 0 Å². The molecule has 2 aromatic rings. The van der Waals surface area contributed by atoms with Gasteiger partial charge in [0.05, 0.1) is 18.4 Å². The molecule has 0 bridgehead atoms. The number of carbonyl (C=O) groups is 7. The molecule has 6 rings (SSSR count). The molecule has 17 nitrogen and oxygen atoms in total. The molecule has 4 aliphatic rings. The lowest BCUT2D eigenvalue weighted by atomic mass is 9.98. The number of nitrogens with one attached hydrogen (secondary N) is 4. The summed E-state index contributed by atoms with van der Waals surface area (Å²) in [6, 6.07) is 2.82. The van der Waals surface area contributed by atoms with Gasteiger partial charge in [-0.25, -0.2) is 14.0 Å². The van der Waals surface area contributed by atoms with Crippen LogP contribution in [0.1, 0.15) is 64.0 Å². The van der Waals surface area contributed by atoms with Crippen molar-refractivity contribution in [2.75, 3.05) is 52.2 Å². The molecular formula is C45H60ClFN8O9. The van der Waals surface area contributed by atoms with E-state index in [0.717, 1.165) is 11.6 Å². The first-order chi connectivity index (χ1) is 30.4. The maximum absolute atomic E-state index is 15.2. The molecule has 4 fully saturated rings. The molecule has 9 atom stereocenters. The summed E-state index contributed by atoms with van der Waals surface area (Å²) in [5.74, 6) is -4.87. The summed E-state index contributed by atoms with van der Waals surface area (Å²) in [4.78, 5) is 106. The van der Waals surface area contributed by atoms with Crippen LogP contribution in [0.4, 0.5) is 14.9 Å². The SMILES string of the molecule is Cc1cccc(C[C@H](NC(=O)Nc2ccc(Cl)cc2F)C(=O)N[C@@H]2C(=O)N3C[C@H](OCCN(C)C)C[C@H]3C(=O)N3CCCC[C@H]3C(=O)N[C@@H](C)C(=O)N3C[C@H](C)C[C@H]3C(=O)O[C@H]2C)c1. The molecule has 348 valence electrons. The van der Waals surface area contributed by atoms with Gasteiger partial charge < -0.3 is 50.3 Å². The molecule has 7 amide bonds. The van der Waals surface area contributed by atoms with E-state index in [1.807, 2.05) is 45.0 Å². The lowest BCUT2D eigenvalue weighted by molar-refractivity contribution is -0.163. The maximum Gasteiger partial charge on any atom is 0.329 e.